The highest BCUT2D eigenvalue weighted by molar-refractivity contribution is 6.03. The van der Waals surface area contributed by atoms with Crippen LogP contribution in [-0.2, 0) is 28.6 Å². The van der Waals surface area contributed by atoms with Gasteiger partial charge in [-0.15, -0.1) is 0 Å². The topological polar surface area (TPSA) is 112 Å². The Balaban J connectivity index is 1.29. The molecule has 1 N–H and O–H groups in total. The van der Waals surface area contributed by atoms with Gasteiger partial charge >= 0.3 is 5.97 Å². The van der Waals surface area contributed by atoms with Crippen LogP contribution >= 0.6 is 0 Å². The second-order valence-electron chi connectivity index (χ2n) is 17.6. The molecule has 4 saturated heterocycles. The quantitative estimate of drug-likeness (QED) is 0.302. The molecule has 2 unspecified atom stereocenters. The third-order valence-corrected chi connectivity index (χ3v) is 12.8. The number of aliphatic hydroxyl groups excluding tert-OH is 1. The lowest BCUT2D eigenvalue weighted by Gasteiger charge is -2.47. The third-order valence-electron chi connectivity index (χ3n) is 12.8. The first-order chi connectivity index (χ1) is 23.0. The van der Waals surface area contributed by atoms with Crippen LogP contribution in [0, 0.1) is 35.0 Å². The lowest BCUT2D eigenvalue weighted by atomic mass is 9.72. The second-order valence-corrected chi connectivity index (χ2v) is 17.6. The number of likely N-dealkylation sites (tertiary alicyclic amines) is 2. The van der Waals surface area contributed by atoms with E-state index in [1.165, 1.54) is 12.8 Å². The van der Waals surface area contributed by atoms with Crippen LogP contribution in [0.4, 0.5) is 0 Å². The van der Waals surface area contributed by atoms with E-state index in [4.69, 9.17) is 14.2 Å². The maximum Gasteiger partial charge on any atom is 0.319 e. The maximum absolute atomic E-state index is 14.1. The number of rotatable bonds is 8. The summed E-state index contributed by atoms with van der Waals surface area (Å²) >= 11 is 0. The van der Waals surface area contributed by atoms with Crippen LogP contribution in [0.25, 0.3) is 0 Å². The molecule has 0 aromatic rings. The van der Waals surface area contributed by atoms with Gasteiger partial charge in [-0.05, 0) is 112 Å². The van der Waals surface area contributed by atoms with E-state index >= 15 is 0 Å². The molecule has 0 radical (unpaired) electrons. The summed E-state index contributed by atoms with van der Waals surface area (Å²) in [7, 11) is 7.73. The molecule has 0 aromatic heterocycles. The Morgan fingerprint density at radius 1 is 1.06 bits per heavy atom. The van der Waals surface area contributed by atoms with Crippen molar-refractivity contribution in [2.24, 2.45) is 35.0 Å². The number of Topliss-reactive ketones (excluding diaryl/α,β-unsaturated/α-hetero) is 1. The summed E-state index contributed by atoms with van der Waals surface area (Å²) in [6.07, 6.45) is 4.36. The molecular weight excluding hydrogens is 624 g/mol. The Kier molecular flexibility index (Phi) is 12.2. The second kappa shape index (κ2) is 15.5. The number of methoxy groups -OCH3 is 1. The average molecular weight is 691 g/mol. The van der Waals surface area contributed by atoms with Gasteiger partial charge < -0.3 is 34.0 Å². The summed E-state index contributed by atoms with van der Waals surface area (Å²) in [6.45, 7) is 14.9. The smallest absolute Gasteiger partial charge is 0.319 e. The number of carbonyl (C=O) groups is 3. The lowest BCUT2D eigenvalue weighted by molar-refractivity contribution is -0.167. The summed E-state index contributed by atoms with van der Waals surface area (Å²) in [5.41, 5.74) is -2.05. The van der Waals surface area contributed by atoms with Crippen LogP contribution in [0.15, 0.2) is 0 Å². The molecule has 0 aromatic carbocycles. The summed E-state index contributed by atoms with van der Waals surface area (Å²) in [5, 5.41) is 11.4. The summed E-state index contributed by atoms with van der Waals surface area (Å²) in [6, 6.07) is -0.126. The number of amides is 1. The minimum atomic E-state index is -1.35. The van der Waals surface area contributed by atoms with Gasteiger partial charge in [-0.3, -0.25) is 19.3 Å². The minimum absolute atomic E-state index is 0.0334. The van der Waals surface area contributed by atoms with Crippen molar-refractivity contribution < 1.29 is 33.7 Å². The van der Waals surface area contributed by atoms with Gasteiger partial charge in [0.25, 0.3) is 0 Å². The monoisotopic (exact) mass is 690 g/mol. The van der Waals surface area contributed by atoms with Crippen molar-refractivity contribution in [3.63, 3.8) is 0 Å². The number of hydrogen-bond donors (Lipinski definition) is 1. The van der Waals surface area contributed by atoms with Crippen molar-refractivity contribution in [1.29, 1.82) is 0 Å². The molecule has 1 saturated carbocycles. The van der Waals surface area contributed by atoms with Gasteiger partial charge in [0.1, 0.15) is 17.8 Å². The SMILES string of the molecule is CO[C@]1(C)C[C@@H](C)CN(C)C(C2CN(C(=O)[C@H]3CCN(CC4CC4)C3)C2)COC(=O)C(C)(C)C(=O)C[C@H]1CC1O[C@H](C)C[C@H](N(C)C)[C@H]1O. The number of aliphatic hydroxyl groups is 1. The Labute approximate surface area is 295 Å². The maximum atomic E-state index is 14.1. The Morgan fingerprint density at radius 3 is 2.39 bits per heavy atom. The molecule has 1 amide bonds. The molecule has 0 spiro atoms. The van der Waals surface area contributed by atoms with Crippen LogP contribution < -0.4 is 0 Å². The molecule has 0 bridgehead atoms. The molecule has 11 heteroatoms. The van der Waals surface area contributed by atoms with Crippen molar-refractivity contribution in [3.8, 4) is 0 Å². The van der Waals surface area contributed by atoms with E-state index in [1.807, 2.05) is 30.8 Å². The fourth-order valence-corrected chi connectivity index (χ4v) is 9.12. The van der Waals surface area contributed by atoms with Crippen LogP contribution in [0.5, 0.6) is 0 Å². The van der Waals surface area contributed by atoms with Gasteiger partial charge in [0.2, 0.25) is 5.91 Å². The van der Waals surface area contributed by atoms with E-state index in [1.54, 1.807) is 21.0 Å². The number of nitrogens with zero attached hydrogens (tertiary/aromatic N) is 4. The lowest BCUT2D eigenvalue weighted by Crippen LogP contribution is -2.60. The normalized spacial score (nSPS) is 39.2. The highest BCUT2D eigenvalue weighted by atomic mass is 16.5. The van der Waals surface area contributed by atoms with Crippen molar-refractivity contribution in [1.82, 2.24) is 19.6 Å². The molecule has 9 atom stereocenters. The fraction of sp³-hybridized carbons (Fsp3) is 0.921. The zero-order valence-corrected chi connectivity index (χ0v) is 31.9. The molecule has 49 heavy (non-hydrogen) atoms. The molecule has 4 aliphatic heterocycles. The fourth-order valence-electron chi connectivity index (χ4n) is 9.12. The highest BCUT2D eigenvalue weighted by Gasteiger charge is 2.48. The predicted molar refractivity (Wildman–Crippen MR) is 188 cm³/mol. The van der Waals surface area contributed by atoms with Gasteiger partial charge in [-0.2, -0.15) is 0 Å². The zero-order chi connectivity index (χ0) is 35.8. The number of carbonyl (C=O) groups excluding carboxylic acids is 3. The van der Waals surface area contributed by atoms with E-state index in [0.717, 1.165) is 44.9 Å². The number of ether oxygens (including phenoxy) is 3. The Morgan fingerprint density at radius 2 is 1.76 bits per heavy atom. The van der Waals surface area contributed by atoms with Gasteiger partial charge in [0.15, 0.2) is 0 Å². The molecule has 280 valence electrons. The Hall–Kier alpha value is -1.63. The largest absolute Gasteiger partial charge is 0.463 e. The van der Waals surface area contributed by atoms with Crippen LogP contribution in [-0.4, -0.2) is 152 Å². The van der Waals surface area contributed by atoms with E-state index in [-0.39, 0.29) is 66.6 Å². The number of ketones is 1. The highest BCUT2D eigenvalue weighted by Crippen LogP contribution is 2.40. The van der Waals surface area contributed by atoms with E-state index < -0.39 is 29.2 Å². The molecule has 4 heterocycles. The molecule has 11 nitrogen and oxygen atoms in total. The predicted octanol–water partition coefficient (Wildman–Crippen LogP) is 2.93. The first-order valence-electron chi connectivity index (χ1n) is 19.0. The van der Waals surface area contributed by atoms with Gasteiger partial charge in [0, 0.05) is 64.3 Å². The summed E-state index contributed by atoms with van der Waals surface area (Å²) in [4.78, 5) is 50.0. The van der Waals surface area contributed by atoms with Crippen molar-refractivity contribution >= 4 is 17.7 Å². The standard InChI is InChI=1S/C38H66N4O7/c1-24-17-38(5,47-9)29(15-32-34(44)30(39(6)7)14-25(2)49-32)16-33(43)37(3,4)36(46)48-23-31(40(8)18-24)28-21-42(22-28)35(45)27-12-13-41(20-27)19-26-10-11-26/h24-32,34,44H,10-23H2,1-9H3/t24-,25-,27+,29-,30+,31?,32?,34-,38-/m1/s1. The number of cyclic esters (lactones) is 1. The average Bonchev–Trinajstić information content (AvgIpc) is 3.71. The van der Waals surface area contributed by atoms with Crippen molar-refractivity contribution in [3.05, 3.63) is 0 Å². The van der Waals surface area contributed by atoms with Crippen LogP contribution in [0.3, 0.4) is 0 Å². The van der Waals surface area contributed by atoms with Crippen molar-refractivity contribution in [2.45, 2.75) is 116 Å². The summed E-state index contributed by atoms with van der Waals surface area (Å²) in [5.74, 6) is 0.538. The molecule has 1 aliphatic carbocycles. The number of likely N-dealkylation sites (N-methyl/N-ethyl adjacent to an activating group) is 2. The molecule has 5 aliphatic rings. The van der Waals surface area contributed by atoms with Gasteiger partial charge in [-0.1, -0.05) is 6.92 Å². The summed E-state index contributed by atoms with van der Waals surface area (Å²) < 4.78 is 18.6. The van der Waals surface area contributed by atoms with E-state index in [0.29, 0.717) is 25.9 Å². The molecular formula is C38H66N4O7. The first kappa shape index (κ1) is 38.6. The van der Waals surface area contributed by atoms with Crippen LogP contribution in [0.1, 0.15) is 79.6 Å². The van der Waals surface area contributed by atoms with Crippen molar-refractivity contribution in [2.75, 3.05) is 74.1 Å². The molecule has 5 rings (SSSR count). The van der Waals surface area contributed by atoms with Crippen LogP contribution in [0.2, 0.25) is 0 Å². The van der Waals surface area contributed by atoms with E-state index in [9.17, 15) is 19.5 Å². The van der Waals surface area contributed by atoms with E-state index in [2.05, 4.69) is 30.7 Å². The third kappa shape index (κ3) is 8.88. The number of hydrogen-bond acceptors (Lipinski definition) is 10. The Bertz CT molecular complexity index is 1170. The minimum Gasteiger partial charge on any atom is -0.463 e. The van der Waals surface area contributed by atoms with Gasteiger partial charge in [-0.25, -0.2) is 0 Å². The van der Waals surface area contributed by atoms with Gasteiger partial charge in [0.05, 0.1) is 29.8 Å². The molecule has 5 fully saturated rings. The first-order valence-corrected chi connectivity index (χ1v) is 19.0. The zero-order valence-electron chi connectivity index (χ0n) is 31.9. The number of esters is 1.